The van der Waals surface area contributed by atoms with Gasteiger partial charge in [-0.3, -0.25) is 0 Å². The second-order valence-corrected chi connectivity index (χ2v) is 4.48. The number of aryl methyl sites for hydroxylation is 2. The van der Waals surface area contributed by atoms with Gasteiger partial charge in [0.25, 0.3) is 0 Å². The molecular weight excluding hydrogens is 236 g/mol. The minimum absolute atomic E-state index is 1.04. The van der Waals surface area contributed by atoms with E-state index in [4.69, 9.17) is 0 Å². The first-order valence-corrected chi connectivity index (χ1v) is 6.07. The number of halogens is 1. The van der Waals surface area contributed by atoms with Gasteiger partial charge in [0, 0.05) is 5.33 Å². The summed E-state index contributed by atoms with van der Waals surface area (Å²) in [4.78, 5) is 0. The number of alkyl halides is 1. The fourth-order valence-electron chi connectivity index (χ4n) is 1.54. The lowest BCUT2D eigenvalue weighted by Gasteiger charge is -2.07. The third-order valence-electron chi connectivity index (χ3n) is 2.38. The van der Waals surface area contributed by atoms with Crippen LogP contribution < -0.4 is 0 Å². The van der Waals surface area contributed by atoms with Gasteiger partial charge in [-0.25, -0.2) is 0 Å². The Morgan fingerprint density at radius 1 is 1.36 bits per heavy atom. The van der Waals surface area contributed by atoms with Gasteiger partial charge >= 0.3 is 0 Å². The van der Waals surface area contributed by atoms with Crippen LogP contribution in [0.3, 0.4) is 0 Å². The lowest BCUT2D eigenvalue weighted by atomic mass is 9.99. The molecule has 0 heterocycles. The normalized spacial score (nSPS) is 11.9. The van der Waals surface area contributed by atoms with Gasteiger partial charge in [-0.15, -0.1) is 0 Å². The molecule has 0 saturated heterocycles. The summed E-state index contributed by atoms with van der Waals surface area (Å²) < 4.78 is 0. The van der Waals surface area contributed by atoms with Crippen molar-refractivity contribution in [1.82, 2.24) is 0 Å². The molecule has 0 aromatic heterocycles. The van der Waals surface area contributed by atoms with E-state index >= 15 is 0 Å². The van der Waals surface area contributed by atoms with Crippen LogP contribution >= 0.6 is 15.9 Å². The summed E-state index contributed by atoms with van der Waals surface area (Å²) in [7, 11) is 0. The molecule has 0 unspecified atom stereocenters. The van der Waals surface area contributed by atoms with Gasteiger partial charge in [0.05, 0.1) is 0 Å². The van der Waals surface area contributed by atoms with E-state index in [0.717, 1.165) is 11.8 Å². The lowest BCUT2D eigenvalue weighted by Crippen LogP contribution is -1.87. The number of allylic oxidation sites excluding steroid dienone is 2. The summed E-state index contributed by atoms with van der Waals surface area (Å²) in [6, 6.07) is 6.61. The summed E-state index contributed by atoms with van der Waals surface area (Å²) in [6.07, 6.45) is 3.38. The van der Waals surface area contributed by atoms with Crippen molar-refractivity contribution < 1.29 is 0 Å². The maximum Gasteiger partial charge on any atom is 0.00661 e. The molecule has 0 aliphatic heterocycles. The van der Waals surface area contributed by atoms with Crippen molar-refractivity contribution in [3.63, 3.8) is 0 Å². The Balaban J connectivity index is 2.99. The lowest BCUT2D eigenvalue weighted by molar-refractivity contribution is 1.25. The highest BCUT2D eigenvalue weighted by Gasteiger charge is 1.99. The smallest absolute Gasteiger partial charge is 0.00661 e. The molecule has 76 valence electrons. The van der Waals surface area contributed by atoms with Crippen molar-refractivity contribution in [3.05, 3.63) is 41.0 Å². The fraction of sp³-hybridized carbons (Fsp3) is 0.385. The Kier molecular flexibility index (Phi) is 4.40. The molecule has 0 aliphatic carbocycles. The van der Waals surface area contributed by atoms with E-state index in [1.165, 1.54) is 22.3 Å². The van der Waals surface area contributed by atoms with Gasteiger partial charge in [0.15, 0.2) is 0 Å². The van der Waals surface area contributed by atoms with Crippen LogP contribution in [-0.4, -0.2) is 5.33 Å². The van der Waals surface area contributed by atoms with Gasteiger partial charge in [0.2, 0.25) is 0 Å². The van der Waals surface area contributed by atoms with Crippen LogP contribution in [0.4, 0.5) is 0 Å². The largest absolute Gasteiger partial charge is 0.0925 e. The predicted molar refractivity (Wildman–Crippen MR) is 68.0 cm³/mol. The first kappa shape index (κ1) is 11.5. The molecule has 0 nitrogen and oxygen atoms in total. The highest BCUT2D eigenvalue weighted by molar-refractivity contribution is 9.09. The van der Waals surface area contributed by atoms with E-state index in [2.05, 4.69) is 61.0 Å². The van der Waals surface area contributed by atoms with Crippen LogP contribution in [0.1, 0.15) is 30.0 Å². The van der Waals surface area contributed by atoms with Crippen LogP contribution in [-0.2, 0) is 0 Å². The topological polar surface area (TPSA) is 0 Å². The van der Waals surface area contributed by atoms with Crippen LogP contribution in [0.5, 0.6) is 0 Å². The molecule has 0 bridgehead atoms. The maximum absolute atomic E-state index is 3.44. The molecule has 0 aliphatic rings. The Labute approximate surface area is 95.2 Å². The molecule has 1 rings (SSSR count). The monoisotopic (exact) mass is 252 g/mol. The Hall–Kier alpha value is -0.560. The van der Waals surface area contributed by atoms with Gasteiger partial charge in [0.1, 0.15) is 0 Å². The quantitative estimate of drug-likeness (QED) is 0.696. The highest BCUT2D eigenvalue weighted by atomic mass is 79.9. The molecule has 0 saturated carbocycles. The predicted octanol–water partition coefficient (Wildman–Crippen LogP) is 4.49. The second-order valence-electron chi connectivity index (χ2n) is 3.68. The van der Waals surface area contributed by atoms with E-state index in [-0.39, 0.29) is 0 Å². The molecule has 0 spiro atoms. The average molecular weight is 253 g/mol. The fourth-order valence-corrected chi connectivity index (χ4v) is 1.77. The van der Waals surface area contributed by atoms with E-state index < -0.39 is 0 Å². The molecular formula is C13H17Br. The number of hydrogen-bond acceptors (Lipinski definition) is 0. The van der Waals surface area contributed by atoms with Crippen molar-refractivity contribution in [1.29, 1.82) is 0 Å². The third kappa shape index (κ3) is 2.98. The Bertz CT molecular complexity index is 337. The summed E-state index contributed by atoms with van der Waals surface area (Å²) in [6.45, 7) is 6.49. The number of rotatable bonds is 3. The first-order chi connectivity index (χ1) is 6.65. The van der Waals surface area contributed by atoms with Crippen molar-refractivity contribution in [2.24, 2.45) is 0 Å². The molecule has 1 aromatic carbocycles. The summed E-state index contributed by atoms with van der Waals surface area (Å²) in [5.74, 6) is 0. The Morgan fingerprint density at radius 3 is 2.71 bits per heavy atom. The van der Waals surface area contributed by atoms with Crippen molar-refractivity contribution in [3.8, 4) is 0 Å². The molecule has 1 aromatic rings. The van der Waals surface area contributed by atoms with Gasteiger partial charge in [-0.1, -0.05) is 45.8 Å². The molecule has 0 fully saturated rings. The SMILES string of the molecule is C/C(=C\CCBr)c1cc(C)ccc1C. The van der Waals surface area contributed by atoms with E-state index in [1.54, 1.807) is 0 Å². The Morgan fingerprint density at radius 2 is 2.07 bits per heavy atom. The molecule has 14 heavy (non-hydrogen) atoms. The van der Waals surface area contributed by atoms with Crippen LogP contribution in [0.25, 0.3) is 5.57 Å². The molecule has 0 amide bonds. The van der Waals surface area contributed by atoms with Crippen molar-refractivity contribution in [2.45, 2.75) is 27.2 Å². The number of benzene rings is 1. The third-order valence-corrected chi connectivity index (χ3v) is 2.84. The standard InChI is InChI=1S/C13H17Br/c1-10-6-7-12(3)13(9-10)11(2)5-4-8-14/h5-7,9H,4,8H2,1-3H3/b11-5+. The highest BCUT2D eigenvalue weighted by Crippen LogP contribution is 2.20. The maximum atomic E-state index is 3.44. The van der Waals surface area contributed by atoms with Gasteiger partial charge in [-0.2, -0.15) is 0 Å². The zero-order chi connectivity index (χ0) is 10.6. The summed E-state index contributed by atoms with van der Waals surface area (Å²) in [5, 5.41) is 1.04. The second kappa shape index (κ2) is 5.35. The zero-order valence-electron chi connectivity index (χ0n) is 9.10. The van der Waals surface area contributed by atoms with E-state index in [0.29, 0.717) is 0 Å². The van der Waals surface area contributed by atoms with Crippen LogP contribution in [0, 0.1) is 13.8 Å². The molecule has 0 N–H and O–H groups in total. The minimum Gasteiger partial charge on any atom is -0.0925 e. The van der Waals surface area contributed by atoms with E-state index in [1.807, 2.05) is 0 Å². The van der Waals surface area contributed by atoms with Crippen molar-refractivity contribution >= 4 is 21.5 Å². The molecule has 0 radical (unpaired) electrons. The van der Waals surface area contributed by atoms with Gasteiger partial charge in [-0.05, 0) is 43.9 Å². The average Bonchev–Trinajstić information content (AvgIpc) is 2.18. The molecule has 0 atom stereocenters. The summed E-state index contributed by atoms with van der Waals surface area (Å²) >= 11 is 3.44. The van der Waals surface area contributed by atoms with Crippen LogP contribution in [0.2, 0.25) is 0 Å². The zero-order valence-corrected chi connectivity index (χ0v) is 10.7. The minimum atomic E-state index is 1.04. The first-order valence-electron chi connectivity index (χ1n) is 4.95. The molecule has 1 heteroatoms. The number of hydrogen-bond donors (Lipinski definition) is 0. The van der Waals surface area contributed by atoms with E-state index in [9.17, 15) is 0 Å². The van der Waals surface area contributed by atoms with Gasteiger partial charge < -0.3 is 0 Å². The summed E-state index contributed by atoms with van der Waals surface area (Å²) in [5.41, 5.74) is 5.45. The van der Waals surface area contributed by atoms with Crippen LogP contribution in [0.15, 0.2) is 24.3 Å². The van der Waals surface area contributed by atoms with Crippen molar-refractivity contribution in [2.75, 3.05) is 5.33 Å².